The van der Waals surface area contributed by atoms with Gasteiger partial charge in [-0.15, -0.1) is 0 Å². The summed E-state index contributed by atoms with van der Waals surface area (Å²) in [7, 11) is 4.04. The van der Waals surface area contributed by atoms with Crippen molar-refractivity contribution in [3.05, 3.63) is 58.7 Å². The summed E-state index contributed by atoms with van der Waals surface area (Å²) in [6, 6.07) is 8.37. The molecule has 1 fully saturated rings. The van der Waals surface area contributed by atoms with Crippen molar-refractivity contribution in [2.45, 2.75) is 26.7 Å². The van der Waals surface area contributed by atoms with Crippen LogP contribution >= 0.6 is 12.2 Å². The predicted octanol–water partition coefficient (Wildman–Crippen LogP) is 3.34. The normalized spacial score (nSPS) is 20.4. The highest BCUT2D eigenvalue weighted by Crippen LogP contribution is 2.39. The molecule has 2 N–H and O–H groups in total. The third-order valence-electron chi connectivity index (χ3n) is 4.77. The Balaban J connectivity index is 1.92. The van der Waals surface area contributed by atoms with E-state index in [9.17, 15) is 9.59 Å². The monoisotopic (exact) mass is 395 g/mol. The Labute approximate surface area is 171 Å². The van der Waals surface area contributed by atoms with Crippen molar-refractivity contribution in [2.24, 2.45) is 5.41 Å². The van der Waals surface area contributed by atoms with Crippen LogP contribution in [0.3, 0.4) is 0 Å². The van der Waals surface area contributed by atoms with Gasteiger partial charge < -0.3 is 4.90 Å². The Kier molecular flexibility index (Phi) is 5.52. The minimum absolute atomic E-state index is 0.0352. The van der Waals surface area contributed by atoms with E-state index in [1.165, 1.54) is 5.57 Å². The summed E-state index contributed by atoms with van der Waals surface area (Å²) in [6.07, 6.45) is 7.63. The average molecular weight is 396 g/mol. The van der Waals surface area contributed by atoms with Crippen molar-refractivity contribution in [2.75, 3.05) is 19.0 Å². The molecule has 2 aliphatic rings. The predicted molar refractivity (Wildman–Crippen MR) is 117 cm³/mol. The lowest BCUT2D eigenvalue weighted by molar-refractivity contribution is -0.123. The highest BCUT2D eigenvalue weighted by atomic mass is 32.1. The molecule has 0 radical (unpaired) electrons. The highest BCUT2D eigenvalue weighted by Gasteiger charge is 2.29. The molecule has 1 aliphatic carbocycles. The van der Waals surface area contributed by atoms with Crippen LogP contribution in [-0.2, 0) is 9.59 Å². The number of carbonyl (C=O) groups excluding carboxylic acids is 2. The summed E-state index contributed by atoms with van der Waals surface area (Å²) >= 11 is 4.85. The molecule has 0 bridgehead atoms. The van der Waals surface area contributed by atoms with Crippen molar-refractivity contribution in [3.8, 4) is 0 Å². The standard InChI is InChI=1S/C22H25N3O2S/c1-22(2)12-15(9-14-5-7-17(8-6-14)25(3)4)10-16(13-22)11-18-19(26)23-21(28)24-20(18)27/h5-11H,12-13H2,1-4H3,(H2,23,24,26,27,28)/b15-9-. The summed E-state index contributed by atoms with van der Waals surface area (Å²) in [5.41, 5.74) is 4.54. The van der Waals surface area contributed by atoms with Gasteiger partial charge in [-0.3, -0.25) is 20.2 Å². The lowest BCUT2D eigenvalue weighted by atomic mass is 9.74. The Morgan fingerprint density at radius 1 is 1.00 bits per heavy atom. The zero-order valence-electron chi connectivity index (χ0n) is 16.6. The molecule has 1 aromatic rings. The number of nitrogens with zero attached hydrogens (tertiary/aromatic N) is 1. The third kappa shape index (κ3) is 4.75. The van der Waals surface area contributed by atoms with Crippen LogP contribution in [0.25, 0.3) is 6.08 Å². The number of thiocarbonyl (C=S) groups is 1. The number of anilines is 1. The fourth-order valence-corrected chi connectivity index (χ4v) is 3.75. The minimum atomic E-state index is -0.456. The molecule has 6 heteroatoms. The highest BCUT2D eigenvalue weighted by molar-refractivity contribution is 7.80. The van der Waals surface area contributed by atoms with Crippen LogP contribution in [0.5, 0.6) is 0 Å². The van der Waals surface area contributed by atoms with Gasteiger partial charge >= 0.3 is 0 Å². The van der Waals surface area contributed by atoms with Gasteiger partial charge in [-0.25, -0.2) is 0 Å². The molecule has 0 saturated carbocycles. The van der Waals surface area contributed by atoms with Gasteiger partial charge in [-0.1, -0.05) is 38.1 Å². The maximum absolute atomic E-state index is 12.1. The first-order chi connectivity index (χ1) is 13.1. The van der Waals surface area contributed by atoms with Gasteiger partial charge in [0.2, 0.25) is 0 Å². The second kappa shape index (κ2) is 7.72. The quantitative estimate of drug-likeness (QED) is 0.468. The maximum atomic E-state index is 12.1. The molecular formula is C22H25N3O2S. The van der Waals surface area contributed by atoms with E-state index < -0.39 is 11.8 Å². The molecule has 1 aliphatic heterocycles. The van der Waals surface area contributed by atoms with Crippen molar-refractivity contribution in [3.63, 3.8) is 0 Å². The molecule has 1 aromatic carbocycles. The van der Waals surface area contributed by atoms with Crippen LogP contribution in [-0.4, -0.2) is 31.0 Å². The lowest BCUT2D eigenvalue weighted by Gasteiger charge is -2.31. The number of amides is 2. The molecule has 0 spiro atoms. The van der Waals surface area contributed by atoms with Crippen molar-refractivity contribution in [1.29, 1.82) is 0 Å². The molecule has 0 aromatic heterocycles. The van der Waals surface area contributed by atoms with E-state index in [-0.39, 0.29) is 16.1 Å². The molecule has 1 heterocycles. The van der Waals surface area contributed by atoms with Crippen LogP contribution in [0.2, 0.25) is 0 Å². The van der Waals surface area contributed by atoms with Crippen molar-refractivity contribution >= 4 is 40.9 Å². The SMILES string of the molecule is CN(C)c1ccc(/C=C2/C=C(C=C3C(=O)NC(=S)NC3=O)CC(C)(C)C2)cc1. The number of hydrogen-bond donors (Lipinski definition) is 2. The van der Waals surface area contributed by atoms with Crippen LogP contribution < -0.4 is 15.5 Å². The first kappa shape index (κ1) is 20.0. The summed E-state index contributed by atoms with van der Waals surface area (Å²) in [5.74, 6) is -0.911. The molecule has 0 unspecified atom stereocenters. The first-order valence-electron chi connectivity index (χ1n) is 9.20. The molecule has 28 heavy (non-hydrogen) atoms. The van der Waals surface area contributed by atoms with Crippen LogP contribution in [0.15, 0.2) is 53.1 Å². The fourth-order valence-electron chi connectivity index (χ4n) is 3.57. The molecule has 3 rings (SSSR count). The van der Waals surface area contributed by atoms with Crippen molar-refractivity contribution in [1.82, 2.24) is 10.6 Å². The summed E-state index contributed by atoms with van der Waals surface area (Å²) in [5, 5.41) is 5.01. The molecule has 2 amide bonds. The van der Waals surface area contributed by atoms with E-state index in [2.05, 4.69) is 65.8 Å². The smallest absolute Gasteiger partial charge is 0.263 e. The van der Waals surface area contributed by atoms with Gasteiger partial charge in [0.05, 0.1) is 0 Å². The van der Waals surface area contributed by atoms with Crippen LogP contribution in [0.1, 0.15) is 32.3 Å². The second-order valence-corrected chi connectivity index (χ2v) is 8.65. The van der Waals surface area contributed by atoms with Gasteiger partial charge in [-0.2, -0.15) is 0 Å². The minimum Gasteiger partial charge on any atom is -0.378 e. The van der Waals surface area contributed by atoms with E-state index in [0.717, 1.165) is 29.7 Å². The van der Waals surface area contributed by atoms with Gasteiger partial charge in [0.15, 0.2) is 5.11 Å². The Hall–Kier alpha value is -2.73. The summed E-state index contributed by atoms with van der Waals surface area (Å²) in [4.78, 5) is 26.3. The zero-order chi connectivity index (χ0) is 20.5. The number of rotatable bonds is 3. The van der Waals surface area contributed by atoms with Gasteiger partial charge in [0, 0.05) is 19.8 Å². The lowest BCUT2D eigenvalue weighted by Crippen LogP contribution is -2.51. The number of benzene rings is 1. The first-order valence-corrected chi connectivity index (χ1v) is 9.61. The summed E-state index contributed by atoms with van der Waals surface area (Å²) < 4.78 is 0. The van der Waals surface area contributed by atoms with Gasteiger partial charge in [0.25, 0.3) is 11.8 Å². The number of nitrogens with one attached hydrogen (secondary N) is 2. The van der Waals surface area contributed by atoms with E-state index in [0.29, 0.717) is 0 Å². The Bertz CT molecular complexity index is 900. The van der Waals surface area contributed by atoms with E-state index in [4.69, 9.17) is 12.2 Å². The van der Waals surface area contributed by atoms with E-state index >= 15 is 0 Å². The largest absolute Gasteiger partial charge is 0.378 e. The average Bonchev–Trinajstić information content (AvgIpc) is 2.57. The number of carbonyl (C=O) groups is 2. The zero-order valence-corrected chi connectivity index (χ0v) is 17.4. The van der Waals surface area contributed by atoms with E-state index in [1.807, 2.05) is 14.1 Å². The van der Waals surface area contributed by atoms with Gasteiger partial charge in [0.1, 0.15) is 5.57 Å². The molecule has 0 atom stereocenters. The molecule has 5 nitrogen and oxygen atoms in total. The van der Waals surface area contributed by atoms with Gasteiger partial charge in [-0.05, 0) is 65.4 Å². The number of allylic oxidation sites excluding steroid dienone is 4. The molecule has 1 saturated heterocycles. The second-order valence-electron chi connectivity index (χ2n) is 8.24. The van der Waals surface area contributed by atoms with Crippen LogP contribution in [0.4, 0.5) is 5.69 Å². The molecular weight excluding hydrogens is 370 g/mol. The van der Waals surface area contributed by atoms with Crippen LogP contribution in [0, 0.1) is 5.41 Å². The Morgan fingerprint density at radius 3 is 2.18 bits per heavy atom. The van der Waals surface area contributed by atoms with E-state index in [1.54, 1.807) is 6.08 Å². The fraction of sp³-hybridized carbons (Fsp3) is 0.318. The Morgan fingerprint density at radius 2 is 1.61 bits per heavy atom. The summed E-state index contributed by atoms with van der Waals surface area (Å²) in [6.45, 7) is 4.38. The maximum Gasteiger partial charge on any atom is 0.263 e. The van der Waals surface area contributed by atoms with Crippen molar-refractivity contribution < 1.29 is 9.59 Å². The molecule has 146 valence electrons. The third-order valence-corrected chi connectivity index (χ3v) is 4.97. The topological polar surface area (TPSA) is 61.4 Å². The number of hydrogen-bond acceptors (Lipinski definition) is 4.